The van der Waals surface area contributed by atoms with Gasteiger partial charge in [-0.2, -0.15) is 0 Å². The molecule has 0 fully saturated rings. The SMILES string of the molecule is CC(C)(C)C1CCOn2ncnc21. The highest BCUT2D eigenvalue weighted by molar-refractivity contribution is 5.01. The maximum Gasteiger partial charge on any atom is 0.171 e. The molecule has 72 valence electrons. The first-order chi connectivity index (χ1) is 6.09. The molecule has 0 radical (unpaired) electrons. The summed E-state index contributed by atoms with van der Waals surface area (Å²) in [6.07, 6.45) is 2.58. The summed E-state index contributed by atoms with van der Waals surface area (Å²) in [5, 5.41) is 4.00. The lowest BCUT2D eigenvalue weighted by molar-refractivity contribution is 0.0256. The van der Waals surface area contributed by atoms with E-state index in [4.69, 9.17) is 4.84 Å². The van der Waals surface area contributed by atoms with Gasteiger partial charge in [0.15, 0.2) is 5.82 Å². The Hall–Kier alpha value is -1.06. The molecule has 1 aliphatic rings. The van der Waals surface area contributed by atoms with Crippen LogP contribution >= 0.6 is 0 Å². The molecule has 1 atom stereocenters. The molecule has 0 saturated heterocycles. The number of aromatic nitrogens is 3. The highest BCUT2D eigenvalue weighted by Gasteiger charge is 2.33. The number of fused-ring (bicyclic) bond motifs is 1. The topological polar surface area (TPSA) is 39.9 Å². The van der Waals surface area contributed by atoms with E-state index in [2.05, 4.69) is 30.9 Å². The Bertz CT molecular complexity index is 300. The molecule has 1 unspecified atom stereocenters. The maximum absolute atomic E-state index is 5.33. The maximum atomic E-state index is 5.33. The molecule has 0 amide bonds. The molecule has 2 rings (SSSR count). The van der Waals surface area contributed by atoms with Crippen molar-refractivity contribution in [2.24, 2.45) is 5.41 Å². The Kier molecular flexibility index (Phi) is 1.78. The number of nitrogens with zero attached hydrogens (tertiary/aromatic N) is 3. The average Bonchev–Trinajstić information content (AvgIpc) is 2.48. The normalized spacial score (nSPS) is 22.2. The zero-order valence-electron chi connectivity index (χ0n) is 8.32. The van der Waals surface area contributed by atoms with Crippen LogP contribution in [0.25, 0.3) is 0 Å². The zero-order chi connectivity index (χ0) is 9.47. The minimum Gasteiger partial charge on any atom is -0.395 e. The van der Waals surface area contributed by atoms with Crippen LogP contribution in [0.15, 0.2) is 6.33 Å². The van der Waals surface area contributed by atoms with Crippen LogP contribution < -0.4 is 4.84 Å². The lowest BCUT2D eigenvalue weighted by Crippen LogP contribution is -2.32. The summed E-state index contributed by atoms with van der Waals surface area (Å²) in [4.78, 5) is 11.1. The fourth-order valence-electron chi connectivity index (χ4n) is 1.77. The third-order valence-corrected chi connectivity index (χ3v) is 2.52. The first-order valence-electron chi connectivity index (χ1n) is 4.62. The van der Waals surface area contributed by atoms with Crippen molar-refractivity contribution in [2.45, 2.75) is 33.1 Å². The summed E-state index contributed by atoms with van der Waals surface area (Å²) < 4.78 is 0. The van der Waals surface area contributed by atoms with Gasteiger partial charge in [0.2, 0.25) is 0 Å². The van der Waals surface area contributed by atoms with Gasteiger partial charge in [0.1, 0.15) is 12.9 Å². The molecular weight excluding hydrogens is 166 g/mol. The molecule has 0 saturated carbocycles. The van der Waals surface area contributed by atoms with Gasteiger partial charge >= 0.3 is 0 Å². The van der Waals surface area contributed by atoms with Crippen LogP contribution in [0.3, 0.4) is 0 Å². The third-order valence-electron chi connectivity index (χ3n) is 2.52. The van der Waals surface area contributed by atoms with Crippen LogP contribution in [-0.4, -0.2) is 21.5 Å². The van der Waals surface area contributed by atoms with Crippen LogP contribution in [0.1, 0.15) is 38.9 Å². The molecule has 0 bridgehead atoms. The summed E-state index contributed by atoms with van der Waals surface area (Å²) in [6.45, 7) is 7.41. The number of hydrogen-bond donors (Lipinski definition) is 0. The fourth-order valence-corrected chi connectivity index (χ4v) is 1.77. The van der Waals surface area contributed by atoms with Gasteiger partial charge in [0, 0.05) is 5.92 Å². The van der Waals surface area contributed by atoms with Crippen molar-refractivity contribution in [1.29, 1.82) is 0 Å². The van der Waals surface area contributed by atoms with E-state index in [1.807, 2.05) is 0 Å². The summed E-state index contributed by atoms with van der Waals surface area (Å²) in [7, 11) is 0. The van der Waals surface area contributed by atoms with Gasteiger partial charge in [0.25, 0.3) is 0 Å². The van der Waals surface area contributed by atoms with Crippen molar-refractivity contribution in [2.75, 3.05) is 6.61 Å². The molecule has 0 spiro atoms. The van der Waals surface area contributed by atoms with E-state index in [0.717, 1.165) is 18.9 Å². The molecule has 4 nitrogen and oxygen atoms in total. The third kappa shape index (κ3) is 1.41. The van der Waals surface area contributed by atoms with Gasteiger partial charge in [-0.1, -0.05) is 25.6 Å². The monoisotopic (exact) mass is 181 g/mol. The quantitative estimate of drug-likeness (QED) is 0.604. The zero-order valence-corrected chi connectivity index (χ0v) is 8.32. The molecule has 0 aliphatic carbocycles. The van der Waals surface area contributed by atoms with Crippen molar-refractivity contribution in [1.82, 2.24) is 14.9 Å². The second kappa shape index (κ2) is 2.72. The van der Waals surface area contributed by atoms with Crippen LogP contribution in [0.4, 0.5) is 0 Å². The summed E-state index contributed by atoms with van der Waals surface area (Å²) in [5.41, 5.74) is 0.231. The Labute approximate surface area is 77.9 Å². The van der Waals surface area contributed by atoms with Crippen molar-refractivity contribution >= 4 is 0 Å². The molecule has 13 heavy (non-hydrogen) atoms. The molecule has 0 aromatic carbocycles. The standard InChI is InChI=1S/C9H15N3O/c1-9(2,3)7-4-5-13-12-8(7)10-6-11-12/h6-7H,4-5H2,1-3H3. The Morgan fingerprint density at radius 3 is 3.00 bits per heavy atom. The van der Waals surface area contributed by atoms with Crippen LogP contribution in [0, 0.1) is 5.41 Å². The van der Waals surface area contributed by atoms with E-state index in [1.165, 1.54) is 0 Å². The molecule has 0 N–H and O–H groups in total. The Morgan fingerprint density at radius 2 is 2.31 bits per heavy atom. The first-order valence-corrected chi connectivity index (χ1v) is 4.62. The van der Waals surface area contributed by atoms with Gasteiger partial charge < -0.3 is 4.84 Å². The van der Waals surface area contributed by atoms with Crippen LogP contribution in [0.2, 0.25) is 0 Å². The Balaban J connectivity index is 2.35. The lowest BCUT2D eigenvalue weighted by Gasteiger charge is -2.32. The smallest absolute Gasteiger partial charge is 0.171 e. The number of hydrogen-bond acceptors (Lipinski definition) is 3. The van der Waals surface area contributed by atoms with Gasteiger partial charge in [-0.25, -0.2) is 4.98 Å². The van der Waals surface area contributed by atoms with E-state index in [0.29, 0.717) is 5.92 Å². The van der Waals surface area contributed by atoms with Crippen molar-refractivity contribution < 1.29 is 4.84 Å². The van der Waals surface area contributed by atoms with Gasteiger partial charge in [0.05, 0.1) is 0 Å². The van der Waals surface area contributed by atoms with E-state index in [-0.39, 0.29) is 5.41 Å². The molecule has 1 aliphatic heterocycles. The molecule has 1 aromatic heterocycles. The van der Waals surface area contributed by atoms with E-state index < -0.39 is 0 Å². The molecule has 4 heteroatoms. The lowest BCUT2D eigenvalue weighted by atomic mass is 9.78. The van der Waals surface area contributed by atoms with Crippen LogP contribution in [-0.2, 0) is 0 Å². The van der Waals surface area contributed by atoms with E-state index in [1.54, 1.807) is 11.2 Å². The van der Waals surface area contributed by atoms with Crippen molar-refractivity contribution in [3.05, 3.63) is 12.2 Å². The first kappa shape index (κ1) is 8.53. The van der Waals surface area contributed by atoms with Crippen molar-refractivity contribution in [3.8, 4) is 0 Å². The predicted octanol–water partition coefficient (Wildman–Crippen LogP) is 1.24. The van der Waals surface area contributed by atoms with E-state index in [9.17, 15) is 0 Å². The second-order valence-electron chi connectivity index (χ2n) is 4.53. The van der Waals surface area contributed by atoms with Crippen LogP contribution in [0.5, 0.6) is 0 Å². The van der Waals surface area contributed by atoms with Gasteiger partial charge in [-0.15, -0.1) is 5.10 Å². The van der Waals surface area contributed by atoms with Crippen molar-refractivity contribution in [3.63, 3.8) is 0 Å². The fraction of sp³-hybridized carbons (Fsp3) is 0.778. The van der Waals surface area contributed by atoms with E-state index >= 15 is 0 Å². The summed E-state index contributed by atoms with van der Waals surface area (Å²) in [5.74, 6) is 1.41. The average molecular weight is 181 g/mol. The summed E-state index contributed by atoms with van der Waals surface area (Å²) in [6, 6.07) is 0. The largest absolute Gasteiger partial charge is 0.395 e. The second-order valence-corrected chi connectivity index (χ2v) is 4.53. The van der Waals surface area contributed by atoms with Gasteiger partial charge in [-0.3, -0.25) is 0 Å². The highest BCUT2D eigenvalue weighted by Crippen LogP contribution is 2.37. The molecule has 2 heterocycles. The number of rotatable bonds is 0. The van der Waals surface area contributed by atoms with Gasteiger partial charge in [-0.05, 0) is 11.8 Å². The minimum atomic E-state index is 0.231. The Morgan fingerprint density at radius 1 is 1.54 bits per heavy atom. The minimum absolute atomic E-state index is 0.231. The predicted molar refractivity (Wildman–Crippen MR) is 48.3 cm³/mol. The molecular formula is C9H15N3O. The highest BCUT2D eigenvalue weighted by atomic mass is 16.7. The summed E-state index contributed by atoms with van der Waals surface area (Å²) >= 11 is 0. The molecule has 1 aromatic rings.